The van der Waals surface area contributed by atoms with Gasteiger partial charge >= 0.3 is 0 Å². The van der Waals surface area contributed by atoms with E-state index in [1.165, 1.54) is 6.26 Å². The van der Waals surface area contributed by atoms with Crippen LogP contribution in [0.2, 0.25) is 0 Å². The molecule has 2 unspecified atom stereocenters. The summed E-state index contributed by atoms with van der Waals surface area (Å²) in [5.74, 6) is 0.0411. The highest BCUT2D eigenvalue weighted by Gasteiger charge is 2.35. The summed E-state index contributed by atoms with van der Waals surface area (Å²) in [5, 5.41) is 6.30. The van der Waals surface area contributed by atoms with Crippen molar-refractivity contribution >= 4 is 15.7 Å². The van der Waals surface area contributed by atoms with E-state index in [1.807, 2.05) is 13.8 Å². The van der Waals surface area contributed by atoms with Crippen LogP contribution in [-0.4, -0.2) is 33.7 Å². The summed E-state index contributed by atoms with van der Waals surface area (Å²) >= 11 is 0. The molecule has 1 aromatic carbocycles. The lowest BCUT2D eigenvalue weighted by molar-refractivity contribution is -0.131. The van der Waals surface area contributed by atoms with E-state index in [2.05, 4.69) is 10.6 Å². The number of rotatable bonds is 4. The zero-order chi connectivity index (χ0) is 16.4. The van der Waals surface area contributed by atoms with Crippen molar-refractivity contribution in [3.8, 4) is 0 Å². The monoisotopic (exact) mass is 324 g/mol. The number of sulfone groups is 1. The molecule has 0 aromatic heterocycles. The van der Waals surface area contributed by atoms with E-state index in [0.29, 0.717) is 11.4 Å². The van der Waals surface area contributed by atoms with Crippen LogP contribution in [-0.2, 0) is 14.6 Å². The highest BCUT2D eigenvalue weighted by atomic mass is 32.2. The minimum atomic E-state index is -3.19. The molecule has 1 fully saturated rings. The predicted octanol–water partition coefficient (Wildman–Crippen LogP) is 1.66. The third kappa shape index (κ3) is 3.87. The number of carbonyl (C=O) groups is 1. The topological polar surface area (TPSA) is 75.3 Å². The second kappa shape index (κ2) is 6.38. The molecular formula is C16H24N2O3S. The first kappa shape index (κ1) is 17.0. The van der Waals surface area contributed by atoms with E-state index in [-0.39, 0.29) is 17.4 Å². The van der Waals surface area contributed by atoms with Crippen LogP contribution in [0.3, 0.4) is 0 Å². The second-order valence-corrected chi connectivity index (χ2v) is 8.39. The van der Waals surface area contributed by atoms with Crippen LogP contribution in [0.25, 0.3) is 0 Å². The van der Waals surface area contributed by atoms with Gasteiger partial charge in [0.25, 0.3) is 0 Å². The lowest BCUT2D eigenvalue weighted by Crippen LogP contribution is -2.49. The van der Waals surface area contributed by atoms with Crippen LogP contribution in [0.15, 0.2) is 29.2 Å². The van der Waals surface area contributed by atoms with Crippen molar-refractivity contribution in [3.05, 3.63) is 29.8 Å². The summed E-state index contributed by atoms with van der Waals surface area (Å²) in [6.07, 6.45) is 3.07. The first-order valence-corrected chi connectivity index (χ1v) is 9.43. The summed E-state index contributed by atoms with van der Waals surface area (Å²) in [7, 11) is -3.19. The first-order chi connectivity index (χ1) is 10.2. The fourth-order valence-electron chi connectivity index (χ4n) is 2.71. The SMILES string of the molecule is CC(NC(=O)C1(C)CCCNC1)c1ccc(S(C)(=O)=O)cc1. The van der Waals surface area contributed by atoms with Crippen molar-refractivity contribution in [1.29, 1.82) is 0 Å². The maximum Gasteiger partial charge on any atom is 0.227 e. The van der Waals surface area contributed by atoms with E-state index in [4.69, 9.17) is 0 Å². The standard InChI is InChI=1S/C16H24N2O3S/c1-12(13-5-7-14(8-6-13)22(3,20)21)18-15(19)16(2)9-4-10-17-11-16/h5-8,12,17H,4,9-11H2,1-3H3,(H,18,19). The van der Waals surface area contributed by atoms with Crippen molar-refractivity contribution < 1.29 is 13.2 Å². The highest BCUT2D eigenvalue weighted by Crippen LogP contribution is 2.27. The highest BCUT2D eigenvalue weighted by molar-refractivity contribution is 7.90. The van der Waals surface area contributed by atoms with Gasteiger partial charge in [0.05, 0.1) is 16.4 Å². The van der Waals surface area contributed by atoms with Gasteiger partial charge in [-0.3, -0.25) is 4.79 Å². The molecule has 5 nitrogen and oxygen atoms in total. The molecule has 6 heteroatoms. The van der Waals surface area contributed by atoms with Crippen molar-refractivity contribution in [2.45, 2.75) is 37.6 Å². The largest absolute Gasteiger partial charge is 0.349 e. The molecule has 22 heavy (non-hydrogen) atoms. The molecule has 2 rings (SSSR count). The molecule has 1 saturated heterocycles. The van der Waals surface area contributed by atoms with Gasteiger partial charge in [0.2, 0.25) is 5.91 Å². The summed E-state index contributed by atoms with van der Waals surface area (Å²) < 4.78 is 22.9. The van der Waals surface area contributed by atoms with Gasteiger partial charge in [-0.1, -0.05) is 12.1 Å². The normalized spacial score (nSPS) is 23.8. The van der Waals surface area contributed by atoms with Crippen molar-refractivity contribution in [2.75, 3.05) is 19.3 Å². The van der Waals surface area contributed by atoms with Crippen molar-refractivity contribution in [3.63, 3.8) is 0 Å². The van der Waals surface area contributed by atoms with Crippen LogP contribution in [0.1, 0.15) is 38.3 Å². The fraction of sp³-hybridized carbons (Fsp3) is 0.562. The predicted molar refractivity (Wildman–Crippen MR) is 86.3 cm³/mol. The number of benzene rings is 1. The Morgan fingerprint density at radius 3 is 2.45 bits per heavy atom. The lowest BCUT2D eigenvalue weighted by Gasteiger charge is -2.33. The van der Waals surface area contributed by atoms with Crippen molar-refractivity contribution in [1.82, 2.24) is 10.6 Å². The molecule has 1 amide bonds. The van der Waals surface area contributed by atoms with Gasteiger partial charge in [-0.2, -0.15) is 0 Å². The summed E-state index contributed by atoms with van der Waals surface area (Å²) in [6.45, 7) is 5.55. The molecule has 1 aliphatic rings. The Hall–Kier alpha value is -1.40. The smallest absolute Gasteiger partial charge is 0.227 e. The Labute approximate surface area is 132 Å². The van der Waals surface area contributed by atoms with Crippen molar-refractivity contribution in [2.24, 2.45) is 5.41 Å². The first-order valence-electron chi connectivity index (χ1n) is 7.54. The number of hydrogen-bond acceptors (Lipinski definition) is 4. The molecular weight excluding hydrogens is 300 g/mol. The molecule has 0 bridgehead atoms. The average Bonchev–Trinajstić information content (AvgIpc) is 2.47. The molecule has 2 atom stereocenters. The quantitative estimate of drug-likeness (QED) is 0.883. The van der Waals surface area contributed by atoms with Crippen LogP contribution < -0.4 is 10.6 Å². The molecule has 0 spiro atoms. The lowest BCUT2D eigenvalue weighted by atomic mass is 9.81. The van der Waals surface area contributed by atoms with Crippen LogP contribution in [0, 0.1) is 5.41 Å². The zero-order valence-corrected chi connectivity index (χ0v) is 14.2. The average molecular weight is 324 g/mol. The molecule has 0 aliphatic carbocycles. The van der Waals surface area contributed by atoms with E-state index in [0.717, 1.165) is 24.9 Å². The molecule has 1 aliphatic heterocycles. The van der Waals surface area contributed by atoms with Gasteiger partial charge in [0, 0.05) is 12.8 Å². The summed E-state index contributed by atoms with van der Waals surface area (Å²) in [4.78, 5) is 12.8. The molecule has 0 radical (unpaired) electrons. The fourth-order valence-corrected chi connectivity index (χ4v) is 3.34. The summed E-state index contributed by atoms with van der Waals surface area (Å²) in [6, 6.07) is 6.51. The Balaban J connectivity index is 2.05. The minimum absolute atomic E-state index is 0.0411. The van der Waals surface area contributed by atoms with E-state index in [1.54, 1.807) is 24.3 Å². The molecule has 2 N–H and O–H groups in total. The number of amides is 1. The third-order valence-corrected chi connectivity index (χ3v) is 5.43. The Bertz CT molecular complexity index is 632. The third-order valence-electron chi connectivity index (χ3n) is 4.30. The van der Waals surface area contributed by atoms with Crippen LogP contribution >= 0.6 is 0 Å². The maximum atomic E-state index is 12.5. The van der Waals surface area contributed by atoms with Gasteiger partial charge < -0.3 is 10.6 Å². The second-order valence-electron chi connectivity index (χ2n) is 6.38. The Kier molecular flexibility index (Phi) is 4.92. The van der Waals surface area contributed by atoms with E-state index < -0.39 is 9.84 Å². The van der Waals surface area contributed by atoms with Gasteiger partial charge in [0.15, 0.2) is 9.84 Å². The number of hydrogen-bond donors (Lipinski definition) is 2. The molecule has 1 heterocycles. The van der Waals surface area contributed by atoms with E-state index in [9.17, 15) is 13.2 Å². The molecule has 1 aromatic rings. The van der Waals surface area contributed by atoms with Crippen LogP contribution in [0.5, 0.6) is 0 Å². The molecule has 122 valence electrons. The van der Waals surface area contributed by atoms with Crippen LogP contribution in [0.4, 0.5) is 0 Å². The van der Waals surface area contributed by atoms with Gasteiger partial charge in [-0.05, 0) is 50.9 Å². The summed E-state index contributed by atoms with van der Waals surface area (Å²) in [5.41, 5.74) is 0.521. The van der Waals surface area contributed by atoms with Gasteiger partial charge in [-0.15, -0.1) is 0 Å². The Morgan fingerprint density at radius 1 is 1.32 bits per heavy atom. The Morgan fingerprint density at radius 2 is 1.95 bits per heavy atom. The number of piperidine rings is 1. The van der Waals surface area contributed by atoms with Gasteiger partial charge in [-0.25, -0.2) is 8.42 Å². The number of nitrogens with one attached hydrogen (secondary N) is 2. The number of carbonyl (C=O) groups excluding carboxylic acids is 1. The molecule has 0 saturated carbocycles. The van der Waals surface area contributed by atoms with Gasteiger partial charge in [0.1, 0.15) is 0 Å². The zero-order valence-electron chi connectivity index (χ0n) is 13.3. The van der Waals surface area contributed by atoms with E-state index >= 15 is 0 Å². The maximum absolute atomic E-state index is 12.5. The minimum Gasteiger partial charge on any atom is -0.349 e.